The van der Waals surface area contributed by atoms with Gasteiger partial charge in [-0.1, -0.05) is 0 Å². The molecular weight excluding hydrogens is 266 g/mol. The molecule has 21 heavy (non-hydrogen) atoms. The van der Waals surface area contributed by atoms with Crippen LogP contribution in [0.5, 0.6) is 0 Å². The van der Waals surface area contributed by atoms with Crippen LogP contribution >= 0.6 is 0 Å². The van der Waals surface area contributed by atoms with Crippen molar-refractivity contribution in [1.29, 1.82) is 0 Å². The Bertz CT molecular complexity index is 453. The minimum Gasteiger partial charge on any atom is -0.382 e. The maximum absolute atomic E-state index is 5.33. The van der Waals surface area contributed by atoms with Gasteiger partial charge in [0.05, 0.1) is 12.2 Å². The molecule has 1 heterocycles. The van der Waals surface area contributed by atoms with Gasteiger partial charge in [0.1, 0.15) is 0 Å². The molecule has 0 saturated carbocycles. The van der Waals surface area contributed by atoms with Gasteiger partial charge < -0.3 is 15.4 Å². The van der Waals surface area contributed by atoms with Crippen LogP contribution in [0.15, 0.2) is 4.99 Å². The first-order valence-corrected chi connectivity index (χ1v) is 7.69. The van der Waals surface area contributed by atoms with Crippen molar-refractivity contribution in [2.45, 2.75) is 40.7 Å². The van der Waals surface area contributed by atoms with E-state index in [1.807, 2.05) is 25.6 Å². The average Bonchev–Trinajstić information content (AvgIpc) is 2.69. The van der Waals surface area contributed by atoms with Crippen LogP contribution in [0.1, 0.15) is 37.2 Å². The highest BCUT2D eigenvalue weighted by atomic mass is 16.5. The SMILES string of the molecule is CCNC(=NCc1c(C)nn(C)c1C)NCCCOCC. The van der Waals surface area contributed by atoms with Gasteiger partial charge in [-0.05, 0) is 34.1 Å². The second-order valence-electron chi connectivity index (χ2n) is 4.95. The van der Waals surface area contributed by atoms with Gasteiger partial charge in [-0.15, -0.1) is 0 Å². The predicted octanol–water partition coefficient (Wildman–Crippen LogP) is 1.52. The van der Waals surface area contributed by atoms with Crippen LogP contribution in [0.4, 0.5) is 0 Å². The van der Waals surface area contributed by atoms with Crippen molar-refractivity contribution in [2.75, 3.05) is 26.3 Å². The zero-order valence-electron chi connectivity index (χ0n) is 14.0. The number of nitrogens with zero attached hydrogens (tertiary/aromatic N) is 3. The van der Waals surface area contributed by atoms with Crippen molar-refractivity contribution in [3.8, 4) is 0 Å². The van der Waals surface area contributed by atoms with Gasteiger partial charge in [0.25, 0.3) is 0 Å². The lowest BCUT2D eigenvalue weighted by Crippen LogP contribution is -2.38. The number of hydrogen-bond donors (Lipinski definition) is 2. The largest absolute Gasteiger partial charge is 0.382 e. The summed E-state index contributed by atoms with van der Waals surface area (Å²) in [6.07, 6.45) is 0.975. The molecule has 0 bridgehead atoms. The molecule has 120 valence electrons. The number of aromatic nitrogens is 2. The normalized spacial score (nSPS) is 11.8. The molecule has 0 aliphatic heterocycles. The van der Waals surface area contributed by atoms with Gasteiger partial charge in [0.2, 0.25) is 0 Å². The van der Waals surface area contributed by atoms with Gasteiger partial charge in [-0.3, -0.25) is 4.68 Å². The molecule has 6 heteroatoms. The molecule has 2 N–H and O–H groups in total. The maximum atomic E-state index is 5.33. The Morgan fingerprint density at radius 3 is 2.62 bits per heavy atom. The van der Waals surface area contributed by atoms with Crippen molar-refractivity contribution in [2.24, 2.45) is 12.0 Å². The van der Waals surface area contributed by atoms with Crippen molar-refractivity contribution in [3.63, 3.8) is 0 Å². The van der Waals surface area contributed by atoms with Crippen molar-refractivity contribution in [1.82, 2.24) is 20.4 Å². The van der Waals surface area contributed by atoms with Crippen LogP contribution in [0.2, 0.25) is 0 Å². The monoisotopic (exact) mass is 295 g/mol. The van der Waals surface area contributed by atoms with Crippen LogP contribution in [-0.2, 0) is 18.3 Å². The molecule has 1 rings (SSSR count). The highest BCUT2D eigenvalue weighted by molar-refractivity contribution is 5.79. The maximum Gasteiger partial charge on any atom is 0.191 e. The van der Waals surface area contributed by atoms with Crippen LogP contribution < -0.4 is 10.6 Å². The zero-order chi connectivity index (χ0) is 15.7. The third kappa shape index (κ3) is 5.75. The second kappa shape index (κ2) is 9.39. The molecule has 0 spiro atoms. The summed E-state index contributed by atoms with van der Waals surface area (Å²) in [5, 5.41) is 11.0. The van der Waals surface area contributed by atoms with Crippen LogP contribution in [-0.4, -0.2) is 42.0 Å². The lowest BCUT2D eigenvalue weighted by Gasteiger charge is -2.11. The van der Waals surface area contributed by atoms with Gasteiger partial charge in [0.15, 0.2) is 5.96 Å². The van der Waals surface area contributed by atoms with E-state index in [0.717, 1.165) is 44.4 Å². The van der Waals surface area contributed by atoms with E-state index in [0.29, 0.717) is 6.54 Å². The molecule has 0 fully saturated rings. The molecule has 0 unspecified atom stereocenters. The molecule has 0 aromatic carbocycles. The van der Waals surface area contributed by atoms with E-state index >= 15 is 0 Å². The molecule has 0 aliphatic carbocycles. The molecular formula is C15H29N5O. The van der Waals surface area contributed by atoms with Crippen molar-refractivity contribution >= 4 is 5.96 Å². The Hall–Kier alpha value is -1.56. The van der Waals surface area contributed by atoms with E-state index in [-0.39, 0.29) is 0 Å². The third-order valence-corrected chi connectivity index (χ3v) is 3.36. The number of hydrogen-bond acceptors (Lipinski definition) is 3. The zero-order valence-corrected chi connectivity index (χ0v) is 14.0. The number of nitrogens with one attached hydrogen (secondary N) is 2. The smallest absolute Gasteiger partial charge is 0.191 e. The molecule has 1 aromatic heterocycles. The minimum absolute atomic E-state index is 0.645. The molecule has 0 radical (unpaired) electrons. The molecule has 0 aliphatic rings. The van der Waals surface area contributed by atoms with E-state index in [4.69, 9.17) is 4.74 Å². The van der Waals surface area contributed by atoms with Crippen molar-refractivity contribution < 1.29 is 4.74 Å². The van der Waals surface area contributed by atoms with E-state index in [1.165, 1.54) is 11.3 Å². The Labute approximate surface area is 128 Å². The third-order valence-electron chi connectivity index (χ3n) is 3.36. The topological polar surface area (TPSA) is 63.5 Å². The Morgan fingerprint density at radius 1 is 1.29 bits per heavy atom. The number of guanidine groups is 1. The summed E-state index contributed by atoms with van der Waals surface area (Å²) in [4.78, 5) is 4.64. The molecule has 0 saturated heterocycles. The quantitative estimate of drug-likeness (QED) is 0.433. The highest BCUT2D eigenvalue weighted by Crippen LogP contribution is 2.12. The van der Waals surface area contributed by atoms with E-state index in [2.05, 4.69) is 34.6 Å². The number of rotatable bonds is 8. The summed E-state index contributed by atoms with van der Waals surface area (Å²) in [5.74, 6) is 0.844. The second-order valence-corrected chi connectivity index (χ2v) is 4.95. The summed E-state index contributed by atoms with van der Waals surface area (Å²) in [5.41, 5.74) is 3.42. The lowest BCUT2D eigenvalue weighted by molar-refractivity contribution is 0.145. The lowest BCUT2D eigenvalue weighted by atomic mass is 10.2. The fourth-order valence-electron chi connectivity index (χ4n) is 2.07. The Balaban J connectivity index is 2.54. The number of ether oxygens (including phenoxy) is 1. The Morgan fingerprint density at radius 2 is 2.05 bits per heavy atom. The standard InChI is InChI=1S/C15H29N5O/c1-6-16-15(17-9-8-10-21-7-2)18-11-14-12(3)19-20(5)13(14)4/h6-11H2,1-5H3,(H2,16,17,18). The van der Waals surface area contributed by atoms with Crippen LogP contribution in [0.3, 0.4) is 0 Å². The fourth-order valence-corrected chi connectivity index (χ4v) is 2.07. The summed E-state index contributed by atoms with van der Waals surface area (Å²) in [6.45, 7) is 12.1. The van der Waals surface area contributed by atoms with Gasteiger partial charge in [-0.2, -0.15) is 5.10 Å². The van der Waals surface area contributed by atoms with Crippen molar-refractivity contribution in [3.05, 3.63) is 17.0 Å². The summed E-state index contributed by atoms with van der Waals surface area (Å²) >= 11 is 0. The summed E-state index contributed by atoms with van der Waals surface area (Å²) in [6, 6.07) is 0. The van der Waals surface area contributed by atoms with Crippen LogP contribution in [0, 0.1) is 13.8 Å². The molecule has 1 aromatic rings. The van der Waals surface area contributed by atoms with Crippen LogP contribution in [0.25, 0.3) is 0 Å². The summed E-state index contributed by atoms with van der Waals surface area (Å²) in [7, 11) is 1.97. The minimum atomic E-state index is 0.645. The molecule has 0 amide bonds. The first-order chi connectivity index (χ1) is 10.1. The summed E-state index contributed by atoms with van der Waals surface area (Å²) < 4.78 is 7.23. The van der Waals surface area contributed by atoms with Gasteiger partial charge in [0, 0.05) is 44.6 Å². The van der Waals surface area contributed by atoms with E-state index in [9.17, 15) is 0 Å². The fraction of sp³-hybridized carbons (Fsp3) is 0.733. The van der Waals surface area contributed by atoms with Gasteiger partial charge in [-0.25, -0.2) is 4.99 Å². The van der Waals surface area contributed by atoms with E-state index in [1.54, 1.807) is 0 Å². The van der Waals surface area contributed by atoms with Gasteiger partial charge >= 0.3 is 0 Å². The Kier molecular flexibility index (Phi) is 7.82. The first-order valence-electron chi connectivity index (χ1n) is 7.69. The predicted molar refractivity (Wildman–Crippen MR) is 86.6 cm³/mol. The van der Waals surface area contributed by atoms with E-state index < -0.39 is 0 Å². The number of aliphatic imine (C=N–C) groups is 1. The highest BCUT2D eigenvalue weighted by Gasteiger charge is 2.08. The molecule has 6 nitrogen and oxygen atoms in total. The average molecular weight is 295 g/mol. The first kappa shape index (κ1) is 17.5. The number of aryl methyl sites for hydroxylation is 2. The molecule has 0 atom stereocenters.